The van der Waals surface area contributed by atoms with E-state index in [1.807, 2.05) is 0 Å². The molecule has 1 aromatic carbocycles. The summed E-state index contributed by atoms with van der Waals surface area (Å²) in [4.78, 5) is 0. The summed E-state index contributed by atoms with van der Waals surface area (Å²) in [6.45, 7) is 6.66. The summed E-state index contributed by atoms with van der Waals surface area (Å²) in [6, 6.07) is 3.17. The van der Waals surface area contributed by atoms with Gasteiger partial charge >= 0.3 is 0 Å². The Balaban J connectivity index is 2.20. The molecule has 1 aromatic rings. The molecule has 0 heterocycles. The van der Waals surface area contributed by atoms with Gasteiger partial charge in [0.15, 0.2) is 11.6 Å². The lowest BCUT2D eigenvalue weighted by atomic mass is 9.71. The lowest BCUT2D eigenvalue weighted by Crippen LogP contribution is -2.34. The highest BCUT2D eigenvalue weighted by molar-refractivity contribution is 9.10. The van der Waals surface area contributed by atoms with Crippen molar-refractivity contribution in [3.63, 3.8) is 0 Å². The number of nitrogen functional groups attached to an aromatic ring is 1. The minimum absolute atomic E-state index is 0.0216. The summed E-state index contributed by atoms with van der Waals surface area (Å²) in [5.74, 6) is 0.141. The predicted molar refractivity (Wildman–Crippen MR) is 86.3 cm³/mol. The van der Waals surface area contributed by atoms with Crippen molar-refractivity contribution in [2.75, 3.05) is 0 Å². The van der Waals surface area contributed by atoms with Gasteiger partial charge in [0.05, 0.1) is 10.6 Å². The summed E-state index contributed by atoms with van der Waals surface area (Å²) in [7, 11) is 0. The fourth-order valence-corrected chi connectivity index (χ4v) is 3.90. The third-order valence-corrected chi connectivity index (χ3v) is 4.75. The van der Waals surface area contributed by atoms with E-state index < -0.39 is 5.82 Å². The fraction of sp³-hybridized carbons (Fsp3) is 0.562. The largest absolute Gasteiger partial charge is 0.487 e. The van der Waals surface area contributed by atoms with E-state index in [1.54, 1.807) is 12.1 Å². The van der Waals surface area contributed by atoms with Crippen molar-refractivity contribution in [3.8, 4) is 5.75 Å². The number of halogens is 2. The third kappa shape index (κ3) is 3.76. The van der Waals surface area contributed by atoms with Crippen LogP contribution in [0.3, 0.4) is 0 Å². The van der Waals surface area contributed by atoms with Crippen LogP contribution < -0.4 is 10.5 Å². The first kappa shape index (κ1) is 16.3. The van der Waals surface area contributed by atoms with Gasteiger partial charge in [0, 0.05) is 5.56 Å². The fourth-order valence-electron chi connectivity index (χ4n) is 3.36. The van der Waals surface area contributed by atoms with Gasteiger partial charge in [-0.05, 0) is 58.7 Å². The first-order chi connectivity index (χ1) is 9.69. The van der Waals surface area contributed by atoms with E-state index in [9.17, 15) is 4.39 Å². The Bertz CT molecular complexity index is 559. The van der Waals surface area contributed by atoms with Crippen LogP contribution in [-0.4, -0.2) is 11.9 Å². The van der Waals surface area contributed by atoms with Gasteiger partial charge in [-0.1, -0.05) is 20.8 Å². The number of nitrogens with two attached hydrogens (primary N) is 1. The summed E-state index contributed by atoms with van der Waals surface area (Å²) in [5.41, 5.74) is 5.98. The van der Waals surface area contributed by atoms with Crippen molar-refractivity contribution in [2.24, 2.45) is 17.1 Å². The van der Waals surface area contributed by atoms with Crippen LogP contribution in [0.15, 0.2) is 16.6 Å². The Morgan fingerprint density at radius 1 is 1.43 bits per heavy atom. The van der Waals surface area contributed by atoms with Crippen molar-refractivity contribution in [1.82, 2.24) is 0 Å². The second-order valence-corrected chi connectivity index (χ2v) is 7.60. The molecule has 1 saturated carbocycles. The van der Waals surface area contributed by atoms with E-state index >= 15 is 0 Å². The average molecular weight is 357 g/mol. The van der Waals surface area contributed by atoms with Crippen LogP contribution in [0.1, 0.15) is 45.6 Å². The zero-order valence-electron chi connectivity index (χ0n) is 12.7. The number of hydrogen-bond acceptors (Lipinski definition) is 2. The maximum Gasteiger partial charge on any atom is 0.179 e. The second-order valence-electron chi connectivity index (χ2n) is 6.81. The molecule has 1 aliphatic rings. The number of nitrogens with one attached hydrogen (secondary N) is 1. The first-order valence-corrected chi connectivity index (χ1v) is 7.98. The Kier molecular flexibility index (Phi) is 4.61. The van der Waals surface area contributed by atoms with Gasteiger partial charge in [0.1, 0.15) is 5.84 Å². The van der Waals surface area contributed by atoms with Gasteiger partial charge in [0.2, 0.25) is 0 Å². The number of amidine groups is 1. The van der Waals surface area contributed by atoms with Gasteiger partial charge in [-0.25, -0.2) is 4.39 Å². The highest BCUT2D eigenvalue weighted by Crippen LogP contribution is 2.40. The topological polar surface area (TPSA) is 59.1 Å². The number of benzene rings is 1. The van der Waals surface area contributed by atoms with E-state index in [0.29, 0.717) is 11.5 Å². The zero-order valence-corrected chi connectivity index (χ0v) is 14.3. The molecule has 0 amide bonds. The molecule has 3 nitrogen and oxygen atoms in total. The molecule has 2 unspecified atom stereocenters. The molecule has 21 heavy (non-hydrogen) atoms. The van der Waals surface area contributed by atoms with Crippen LogP contribution in [-0.2, 0) is 0 Å². The summed E-state index contributed by atoms with van der Waals surface area (Å²) in [5, 5.41) is 7.42. The molecule has 0 saturated heterocycles. The molecule has 5 heteroatoms. The molecular formula is C16H22BrFN2O. The summed E-state index contributed by atoms with van der Waals surface area (Å²) in [6.07, 6.45) is 3.05. The Morgan fingerprint density at radius 2 is 2.10 bits per heavy atom. The van der Waals surface area contributed by atoms with E-state index in [0.717, 1.165) is 12.8 Å². The van der Waals surface area contributed by atoms with Gasteiger partial charge in [-0.2, -0.15) is 0 Å². The van der Waals surface area contributed by atoms with E-state index in [2.05, 4.69) is 36.7 Å². The molecule has 0 radical (unpaired) electrons. The SMILES string of the molecule is CC1CC(Oc2ccc(C(=N)N)c(Br)c2F)CC(C)(C)C1. The standard InChI is InChI=1S/C16H22BrFN2O/c1-9-6-10(8-16(2,3)7-9)21-12-5-4-11(15(19)20)13(17)14(12)18/h4-5,9-10H,6-8H2,1-3H3,(H3,19,20). The van der Waals surface area contributed by atoms with Crippen molar-refractivity contribution in [1.29, 1.82) is 5.41 Å². The van der Waals surface area contributed by atoms with E-state index in [4.69, 9.17) is 15.9 Å². The number of ether oxygens (including phenoxy) is 1. The zero-order chi connectivity index (χ0) is 15.8. The van der Waals surface area contributed by atoms with Gasteiger partial charge in [-0.15, -0.1) is 0 Å². The molecule has 0 bridgehead atoms. The molecular weight excluding hydrogens is 335 g/mol. The smallest absolute Gasteiger partial charge is 0.179 e. The van der Waals surface area contributed by atoms with E-state index in [1.165, 1.54) is 6.42 Å². The maximum atomic E-state index is 14.3. The normalized spacial score (nSPS) is 24.6. The van der Waals surface area contributed by atoms with Gasteiger partial charge in [0.25, 0.3) is 0 Å². The van der Waals surface area contributed by atoms with Crippen molar-refractivity contribution < 1.29 is 9.13 Å². The van der Waals surface area contributed by atoms with Crippen LogP contribution in [0.4, 0.5) is 4.39 Å². The first-order valence-electron chi connectivity index (χ1n) is 7.18. The molecule has 0 aromatic heterocycles. The average Bonchev–Trinajstić information content (AvgIpc) is 2.32. The second kappa shape index (κ2) is 5.95. The molecule has 0 aliphatic heterocycles. The Labute approximate surface area is 133 Å². The van der Waals surface area contributed by atoms with E-state index in [-0.39, 0.29) is 27.6 Å². The maximum absolute atomic E-state index is 14.3. The van der Waals surface area contributed by atoms with Gasteiger partial charge < -0.3 is 10.5 Å². The third-order valence-electron chi connectivity index (χ3n) is 3.98. The van der Waals surface area contributed by atoms with Crippen molar-refractivity contribution in [2.45, 2.75) is 46.1 Å². The molecule has 2 atom stereocenters. The molecule has 2 rings (SSSR count). The van der Waals surface area contributed by atoms with Crippen LogP contribution in [0.2, 0.25) is 0 Å². The quantitative estimate of drug-likeness (QED) is 0.620. The van der Waals surface area contributed by atoms with Crippen LogP contribution in [0.5, 0.6) is 5.75 Å². The van der Waals surface area contributed by atoms with Crippen LogP contribution in [0, 0.1) is 22.6 Å². The predicted octanol–water partition coefficient (Wildman–Crippen LogP) is 4.47. The number of hydrogen-bond donors (Lipinski definition) is 2. The van der Waals surface area contributed by atoms with Crippen LogP contribution >= 0.6 is 15.9 Å². The minimum Gasteiger partial charge on any atom is -0.487 e. The van der Waals surface area contributed by atoms with Gasteiger partial charge in [-0.3, -0.25) is 5.41 Å². The molecule has 3 N–H and O–H groups in total. The van der Waals surface area contributed by atoms with Crippen molar-refractivity contribution >= 4 is 21.8 Å². The molecule has 116 valence electrons. The molecule has 1 fully saturated rings. The monoisotopic (exact) mass is 356 g/mol. The highest BCUT2D eigenvalue weighted by atomic mass is 79.9. The Hall–Kier alpha value is -1.10. The lowest BCUT2D eigenvalue weighted by molar-refractivity contribution is 0.0535. The Morgan fingerprint density at radius 3 is 2.67 bits per heavy atom. The van der Waals surface area contributed by atoms with Crippen LogP contribution in [0.25, 0.3) is 0 Å². The summed E-state index contributed by atoms with van der Waals surface area (Å²) >= 11 is 3.15. The van der Waals surface area contributed by atoms with Crippen molar-refractivity contribution in [3.05, 3.63) is 28.0 Å². The highest BCUT2D eigenvalue weighted by Gasteiger charge is 2.33. The minimum atomic E-state index is -0.487. The number of rotatable bonds is 3. The molecule has 0 spiro atoms. The lowest BCUT2D eigenvalue weighted by Gasteiger charge is -2.38. The molecule has 1 aliphatic carbocycles. The summed E-state index contributed by atoms with van der Waals surface area (Å²) < 4.78 is 20.4.